The molecule has 1 aromatic carbocycles. The average molecular weight is 236 g/mol. The predicted octanol–water partition coefficient (Wildman–Crippen LogP) is 2.17. The molecule has 1 aliphatic rings. The number of piperidine rings is 1. The van der Waals surface area contributed by atoms with Gasteiger partial charge in [0.05, 0.1) is 0 Å². The standard InChI is InChI=1S/C13H17FN2O/c1-9-3-2-6-16(13(9)17)8-10-4-5-11(15)7-12(10)14/h4-5,7,9H,2-3,6,8,15H2,1H3. The first-order valence-electron chi connectivity index (χ1n) is 5.90. The Morgan fingerprint density at radius 2 is 2.29 bits per heavy atom. The minimum Gasteiger partial charge on any atom is -0.399 e. The summed E-state index contributed by atoms with van der Waals surface area (Å²) < 4.78 is 13.6. The third-order valence-corrected chi connectivity index (χ3v) is 3.24. The van der Waals surface area contributed by atoms with Crippen molar-refractivity contribution in [1.82, 2.24) is 4.90 Å². The van der Waals surface area contributed by atoms with Gasteiger partial charge in [-0.1, -0.05) is 13.0 Å². The molecule has 0 radical (unpaired) electrons. The molecule has 2 N–H and O–H groups in total. The van der Waals surface area contributed by atoms with Gasteiger partial charge in [0.1, 0.15) is 5.82 Å². The quantitative estimate of drug-likeness (QED) is 0.800. The molecule has 2 rings (SSSR count). The number of nitrogen functional groups attached to an aromatic ring is 1. The topological polar surface area (TPSA) is 46.3 Å². The maximum atomic E-state index is 13.6. The number of carbonyl (C=O) groups is 1. The normalized spacial score (nSPS) is 20.7. The van der Waals surface area contributed by atoms with Crippen LogP contribution in [0.2, 0.25) is 0 Å². The van der Waals surface area contributed by atoms with E-state index in [-0.39, 0.29) is 17.6 Å². The molecule has 0 spiro atoms. The van der Waals surface area contributed by atoms with Gasteiger partial charge < -0.3 is 10.6 Å². The number of anilines is 1. The molecule has 92 valence electrons. The van der Waals surface area contributed by atoms with E-state index in [0.29, 0.717) is 24.3 Å². The summed E-state index contributed by atoms with van der Waals surface area (Å²) in [5.74, 6) is -0.163. The molecule has 1 saturated heterocycles. The van der Waals surface area contributed by atoms with Crippen LogP contribution in [-0.4, -0.2) is 17.4 Å². The van der Waals surface area contributed by atoms with Crippen LogP contribution in [-0.2, 0) is 11.3 Å². The first-order chi connectivity index (χ1) is 8.08. The first-order valence-corrected chi connectivity index (χ1v) is 5.90. The molecule has 1 unspecified atom stereocenters. The van der Waals surface area contributed by atoms with Crippen molar-refractivity contribution >= 4 is 11.6 Å². The molecule has 0 aromatic heterocycles. The fourth-order valence-electron chi connectivity index (χ4n) is 2.19. The highest BCUT2D eigenvalue weighted by Crippen LogP contribution is 2.21. The minimum absolute atomic E-state index is 0.0561. The van der Waals surface area contributed by atoms with Crippen molar-refractivity contribution in [2.75, 3.05) is 12.3 Å². The van der Waals surface area contributed by atoms with Gasteiger partial charge in [0.2, 0.25) is 5.91 Å². The molecule has 1 aromatic rings. The number of rotatable bonds is 2. The number of likely N-dealkylation sites (tertiary alicyclic amines) is 1. The van der Waals surface area contributed by atoms with Crippen LogP contribution >= 0.6 is 0 Å². The number of hydrogen-bond donors (Lipinski definition) is 1. The number of halogens is 1. The van der Waals surface area contributed by atoms with Gasteiger partial charge in [-0.2, -0.15) is 0 Å². The van der Waals surface area contributed by atoms with Crippen LogP contribution in [0.4, 0.5) is 10.1 Å². The molecular weight excluding hydrogens is 219 g/mol. The largest absolute Gasteiger partial charge is 0.399 e. The summed E-state index contributed by atoms with van der Waals surface area (Å²) in [7, 11) is 0. The third-order valence-electron chi connectivity index (χ3n) is 3.24. The molecule has 1 atom stereocenters. The molecule has 4 heteroatoms. The summed E-state index contributed by atoms with van der Waals surface area (Å²) >= 11 is 0. The first kappa shape index (κ1) is 11.9. The molecule has 1 fully saturated rings. The van der Waals surface area contributed by atoms with Crippen LogP contribution < -0.4 is 5.73 Å². The van der Waals surface area contributed by atoms with Gasteiger partial charge in [-0.25, -0.2) is 4.39 Å². The number of nitrogens with zero attached hydrogens (tertiary/aromatic N) is 1. The SMILES string of the molecule is CC1CCCN(Cc2ccc(N)cc2F)C1=O. The Bertz CT molecular complexity index is 433. The van der Waals surface area contributed by atoms with Crippen molar-refractivity contribution in [3.8, 4) is 0 Å². The van der Waals surface area contributed by atoms with Crippen LogP contribution in [0.3, 0.4) is 0 Å². The number of benzene rings is 1. The second-order valence-corrected chi connectivity index (χ2v) is 4.65. The number of carbonyl (C=O) groups excluding carboxylic acids is 1. The van der Waals surface area contributed by atoms with Crippen molar-refractivity contribution in [1.29, 1.82) is 0 Å². The smallest absolute Gasteiger partial charge is 0.225 e. The van der Waals surface area contributed by atoms with Gasteiger partial charge in [-0.3, -0.25) is 4.79 Å². The highest BCUT2D eigenvalue weighted by molar-refractivity contribution is 5.79. The van der Waals surface area contributed by atoms with Gasteiger partial charge in [0.25, 0.3) is 0 Å². The van der Waals surface area contributed by atoms with E-state index in [2.05, 4.69) is 0 Å². The second-order valence-electron chi connectivity index (χ2n) is 4.65. The summed E-state index contributed by atoms with van der Waals surface area (Å²) in [6.45, 7) is 2.98. The van der Waals surface area contributed by atoms with E-state index < -0.39 is 0 Å². The van der Waals surface area contributed by atoms with Crippen LogP contribution in [0.5, 0.6) is 0 Å². The Morgan fingerprint density at radius 3 is 3.00 bits per heavy atom. The fraction of sp³-hybridized carbons (Fsp3) is 0.462. The lowest BCUT2D eigenvalue weighted by atomic mass is 9.98. The molecule has 1 heterocycles. The summed E-state index contributed by atoms with van der Waals surface area (Å²) in [5.41, 5.74) is 6.43. The molecule has 17 heavy (non-hydrogen) atoms. The van der Waals surface area contributed by atoms with Crippen LogP contribution in [0.25, 0.3) is 0 Å². The van der Waals surface area contributed by atoms with Crippen molar-refractivity contribution < 1.29 is 9.18 Å². The van der Waals surface area contributed by atoms with E-state index >= 15 is 0 Å². The zero-order valence-corrected chi connectivity index (χ0v) is 9.95. The van der Waals surface area contributed by atoms with Crippen LogP contribution in [0, 0.1) is 11.7 Å². The fourth-order valence-corrected chi connectivity index (χ4v) is 2.19. The molecule has 3 nitrogen and oxygen atoms in total. The van der Waals surface area contributed by atoms with E-state index in [1.165, 1.54) is 6.07 Å². The summed E-state index contributed by atoms with van der Waals surface area (Å²) in [6.07, 6.45) is 1.92. The Labute approximate surface area is 100 Å². The van der Waals surface area contributed by atoms with Crippen molar-refractivity contribution in [2.24, 2.45) is 5.92 Å². The third kappa shape index (κ3) is 2.57. The summed E-state index contributed by atoms with van der Waals surface area (Å²) in [5, 5.41) is 0. The minimum atomic E-state index is -0.337. The van der Waals surface area contributed by atoms with Gasteiger partial charge in [-0.05, 0) is 25.0 Å². The molecule has 1 amide bonds. The highest BCUT2D eigenvalue weighted by atomic mass is 19.1. The van der Waals surface area contributed by atoms with E-state index in [1.54, 1.807) is 17.0 Å². The zero-order valence-electron chi connectivity index (χ0n) is 9.95. The van der Waals surface area contributed by atoms with Gasteiger partial charge in [0, 0.05) is 30.3 Å². The van der Waals surface area contributed by atoms with E-state index in [1.807, 2.05) is 6.92 Å². The predicted molar refractivity (Wildman–Crippen MR) is 64.6 cm³/mol. The Hall–Kier alpha value is -1.58. The Morgan fingerprint density at radius 1 is 1.53 bits per heavy atom. The number of amides is 1. The maximum absolute atomic E-state index is 13.6. The summed E-state index contributed by atoms with van der Waals surface area (Å²) in [6, 6.07) is 4.61. The van der Waals surface area contributed by atoms with E-state index in [9.17, 15) is 9.18 Å². The zero-order chi connectivity index (χ0) is 12.4. The monoisotopic (exact) mass is 236 g/mol. The van der Waals surface area contributed by atoms with Crippen LogP contribution in [0.1, 0.15) is 25.3 Å². The Balaban J connectivity index is 2.12. The summed E-state index contributed by atoms with van der Waals surface area (Å²) in [4.78, 5) is 13.6. The lowest BCUT2D eigenvalue weighted by Crippen LogP contribution is -2.39. The highest BCUT2D eigenvalue weighted by Gasteiger charge is 2.25. The second kappa shape index (κ2) is 4.73. The van der Waals surface area contributed by atoms with Crippen molar-refractivity contribution in [3.05, 3.63) is 29.6 Å². The molecule has 1 aliphatic heterocycles. The van der Waals surface area contributed by atoms with Gasteiger partial charge >= 0.3 is 0 Å². The average Bonchev–Trinajstić information content (AvgIpc) is 2.28. The van der Waals surface area contributed by atoms with Crippen molar-refractivity contribution in [2.45, 2.75) is 26.3 Å². The maximum Gasteiger partial charge on any atom is 0.225 e. The molecule has 0 aliphatic carbocycles. The molecule has 0 saturated carbocycles. The lowest BCUT2D eigenvalue weighted by Gasteiger charge is -2.30. The lowest BCUT2D eigenvalue weighted by molar-refractivity contribution is -0.138. The van der Waals surface area contributed by atoms with Gasteiger partial charge in [0.15, 0.2) is 0 Å². The number of hydrogen-bond acceptors (Lipinski definition) is 2. The van der Waals surface area contributed by atoms with E-state index in [0.717, 1.165) is 12.8 Å². The molecule has 0 bridgehead atoms. The number of nitrogens with two attached hydrogens (primary N) is 1. The van der Waals surface area contributed by atoms with E-state index in [4.69, 9.17) is 5.73 Å². The van der Waals surface area contributed by atoms with Gasteiger partial charge in [-0.15, -0.1) is 0 Å². The molecular formula is C13H17FN2O. The van der Waals surface area contributed by atoms with Crippen molar-refractivity contribution in [3.63, 3.8) is 0 Å². The Kier molecular flexibility index (Phi) is 3.31. The van der Waals surface area contributed by atoms with Crippen LogP contribution in [0.15, 0.2) is 18.2 Å².